The summed E-state index contributed by atoms with van der Waals surface area (Å²) in [4.78, 5) is 14.5. The second-order valence-electron chi connectivity index (χ2n) is 5.51. The van der Waals surface area contributed by atoms with Gasteiger partial charge in [-0.2, -0.15) is 0 Å². The molecule has 0 bridgehead atoms. The molecule has 0 aliphatic rings. The summed E-state index contributed by atoms with van der Waals surface area (Å²) < 4.78 is 5.29. The summed E-state index contributed by atoms with van der Waals surface area (Å²) in [6.07, 6.45) is 1.98. The Kier molecular flexibility index (Phi) is 6.94. The van der Waals surface area contributed by atoms with Crippen molar-refractivity contribution in [1.82, 2.24) is 4.90 Å². The molecule has 5 heteroatoms. The number of nitrogens with zero attached hydrogens (tertiary/aromatic N) is 1. The van der Waals surface area contributed by atoms with Gasteiger partial charge in [0.05, 0.1) is 17.8 Å². The number of para-hydroxylation sites is 1. The van der Waals surface area contributed by atoms with Crippen LogP contribution in [0.2, 0.25) is 5.02 Å². The first-order valence-corrected chi connectivity index (χ1v) is 8.45. The van der Waals surface area contributed by atoms with Crippen molar-refractivity contribution in [3.63, 3.8) is 0 Å². The predicted octanol–water partition coefficient (Wildman–Crippen LogP) is 5.18. The Bertz CT molecular complexity index is 662. The highest BCUT2D eigenvalue weighted by molar-refractivity contribution is 6.32. The number of halogens is 1. The van der Waals surface area contributed by atoms with Crippen LogP contribution in [0.25, 0.3) is 0 Å². The molecule has 2 aromatic rings. The van der Waals surface area contributed by atoms with E-state index in [1.54, 1.807) is 23.1 Å². The Balaban J connectivity index is 2.14. The van der Waals surface area contributed by atoms with Crippen LogP contribution in [0.3, 0.4) is 0 Å². The minimum Gasteiger partial charge on any atom is -0.493 e. The predicted molar refractivity (Wildman–Crippen MR) is 98.8 cm³/mol. The van der Waals surface area contributed by atoms with Gasteiger partial charge in [-0.3, -0.25) is 0 Å². The average Bonchev–Trinajstić information content (AvgIpc) is 2.59. The first-order valence-electron chi connectivity index (χ1n) is 8.08. The van der Waals surface area contributed by atoms with E-state index in [1.807, 2.05) is 30.3 Å². The van der Waals surface area contributed by atoms with Crippen LogP contribution in [-0.4, -0.2) is 24.6 Å². The number of rotatable bonds is 7. The summed E-state index contributed by atoms with van der Waals surface area (Å²) in [5.41, 5.74) is 1.67. The second-order valence-corrected chi connectivity index (χ2v) is 5.92. The van der Waals surface area contributed by atoms with Crippen molar-refractivity contribution >= 4 is 23.3 Å². The minimum atomic E-state index is -0.159. The van der Waals surface area contributed by atoms with Gasteiger partial charge in [-0.05, 0) is 24.1 Å². The van der Waals surface area contributed by atoms with Crippen LogP contribution in [0.15, 0.2) is 48.5 Å². The fourth-order valence-electron chi connectivity index (χ4n) is 2.41. The number of anilines is 1. The molecule has 2 aromatic carbocycles. The smallest absolute Gasteiger partial charge is 0.322 e. The molecule has 2 amide bonds. The van der Waals surface area contributed by atoms with Gasteiger partial charge in [-0.1, -0.05) is 61.3 Å². The SMILES string of the molecule is CCCCN(Cc1ccccc1)C(=O)Nc1cccc(Cl)c1OC. The molecule has 24 heavy (non-hydrogen) atoms. The maximum Gasteiger partial charge on any atom is 0.322 e. The van der Waals surface area contributed by atoms with E-state index in [4.69, 9.17) is 16.3 Å². The molecule has 4 nitrogen and oxygen atoms in total. The number of amides is 2. The number of ether oxygens (including phenoxy) is 1. The van der Waals surface area contributed by atoms with Crippen molar-refractivity contribution in [2.24, 2.45) is 0 Å². The van der Waals surface area contributed by atoms with Crippen LogP contribution < -0.4 is 10.1 Å². The van der Waals surface area contributed by atoms with Crippen molar-refractivity contribution in [3.05, 3.63) is 59.1 Å². The van der Waals surface area contributed by atoms with E-state index < -0.39 is 0 Å². The highest BCUT2D eigenvalue weighted by atomic mass is 35.5. The van der Waals surface area contributed by atoms with Crippen LogP contribution in [0, 0.1) is 0 Å². The van der Waals surface area contributed by atoms with Gasteiger partial charge in [0.25, 0.3) is 0 Å². The molecule has 0 saturated heterocycles. The van der Waals surface area contributed by atoms with Crippen molar-refractivity contribution < 1.29 is 9.53 Å². The summed E-state index contributed by atoms with van der Waals surface area (Å²) >= 11 is 6.12. The quantitative estimate of drug-likeness (QED) is 0.750. The van der Waals surface area contributed by atoms with Crippen LogP contribution in [0.5, 0.6) is 5.75 Å². The van der Waals surface area contributed by atoms with Gasteiger partial charge in [0.2, 0.25) is 0 Å². The van der Waals surface area contributed by atoms with Gasteiger partial charge in [-0.25, -0.2) is 4.79 Å². The topological polar surface area (TPSA) is 41.6 Å². The molecule has 0 atom stereocenters. The lowest BCUT2D eigenvalue weighted by molar-refractivity contribution is 0.208. The lowest BCUT2D eigenvalue weighted by Gasteiger charge is -2.24. The molecular formula is C19H23ClN2O2. The molecule has 0 saturated carbocycles. The Morgan fingerprint density at radius 2 is 1.92 bits per heavy atom. The molecule has 0 unspecified atom stereocenters. The van der Waals surface area contributed by atoms with E-state index in [2.05, 4.69) is 12.2 Å². The maximum atomic E-state index is 12.7. The number of hydrogen-bond acceptors (Lipinski definition) is 2. The van der Waals surface area contributed by atoms with Crippen LogP contribution in [0.1, 0.15) is 25.3 Å². The van der Waals surface area contributed by atoms with Crippen molar-refractivity contribution in [2.45, 2.75) is 26.3 Å². The van der Waals surface area contributed by atoms with Crippen LogP contribution in [-0.2, 0) is 6.54 Å². The number of hydrogen-bond donors (Lipinski definition) is 1. The average molecular weight is 347 g/mol. The summed E-state index contributed by atoms with van der Waals surface area (Å²) in [6.45, 7) is 3.37. The van der Waals surface area contributed by atoms with E-state index in [9.17, 15) is 4.79 Å². The summed E-state index contributed by atoms with van der Waals surface area (Å²) in [5.74, 6) is 0.475. The summed E-state index contributed by atoms with van der Waals surface area (Å²) in [6, 6.07) is 15.1. The fourth-order valence-corrected chi connectivity index (χ4v) is 2.67. The van der Waals surface area contributed by atoms with E-state index in [0.29, 0.717) is 29.5 Å². The van der Waals surface area contributed by atoms with Crippen molar-refractivity contribution in [2.75, 3.05) is 19.0 Å². The second kappa shape index (κ2) is 9.18. The molecule has 0 fully saturated rings. The molecular weight excluding hydrogens is 324 g/mol. The highest BCUT2D eigenvalue weighted by Gasteiger charge is 2.16. The van der Waals surface area contributed by atoms with Crippen LogP contribution in [0.4, 0.5) is 10.5 Å². The highest BCUT2D eigenvalue weighted by Crippen LogP contribution is 2.32. The number of benzene rings is 2. The third kappa shape index (κ3) is 4.90. The molecule has 2 rings (SSSR count). The van der Waals surface area contributed by atoms with Crippen LogP contribution >= 0.6 is 11.6 Å². The monoisotopic (exact) mass is 346 g/mol. The number of methoxy groups -OCH3 is 1. The van der Waals surface area contributed by atoms with E-state index in [-0.39, 0.29) is 6.03 Å². The molecule has 0 aliphatic carbocycles. The zero-order valence-corrected chi connectivity index (χ0v) is 14.8. The maximum absolute atomic E-state index is 12.7. The summed E-state index contributed by atoms with van der Waals surface area (Å²) in [5, 5.41) is 3.38. The number of unbranched alkanes of at least 4 members (excludes halogenated alkanes) is 1. The van der Waals surface area contributed by atoms with E-state index in [0.717, 1.165) is 18.4 Å². The lowest BCUT2D eigenvalue weighted by atomic mass is 10.2. The Labute approximate surface area is 148 Å². The Morgan fingerprint density at radius 3 is 2.58 bits per heavy atom. The first kappa shape index (κ1) is 18.1. The zero-order valence-electron chi connectivity index (χ0n) is 14.1. The van der Waals surface area contributed by atoms with Gasteiger partial charge in [0.15, 0.2) is 5.75 Å². The largest absolute Gasteiger partial charge is 0.493 e. The standard InChI is InChI=1S/C19H23ClN2O2/c1-3-4-13-22(14-15-9-6-5-7-10-15)19(23)21-17-12-8-11-16(20)18(17)24-2/h5-12H,3-4,13-14H2,1-2H3,(H,21,23). The minimum absolute atomic E-state index is 0.159. The fraction of sp³-hybridized carbons (Fsp3) is 0.316. The van der Waals surface area contributed by atoms with Gasteiger partial charge in [-0.15, -0.1) is 0 Å². The number of urea groups is 1. The van der Waals surface area contributed by atoms with Gasteiger partial charge >= 0.3 is 6.03 Å². The zero-order chi connectivity index (χ0) is 17.4. The third-order valence-corrected chi connectivity index (χ3v) is 4.00. The Hall–Kier alpha value is -2.20. The number of nitrogens with one attached hydrogen (secondary N) is 1. The van der Waals surface area contributed by atoms with Gasteiger partial charge in [0.1, 0.15) is 0 Å². The van der Waals surface area contributed by atoms with Crippen molar-refractivity contribution in [1.29, 1.82) is 0 Å². The number of carbonyl (C=O) groups is 1. The molecule has 128 valence electrons. The molecule has 1 N–H and O–H groups in total. The van der Waals surface area contributed by atoms with Gasteiger partial charge < -0.3 is 15.0 Å². The lowest BCUT2D eigenvalue weighted by Crippen LogP contribution is -2.35. The molecule has 0 aromatic heterocycles. The molecule has 0 radical (unpaired) electrons. The summed E-state index contributed by atoms with van der Waals surface area (Å²) in [7, 11) is 1.54. The Morgan fingerprint density at radius 1 is 1.17 bits per heavy atom. The van der Waals surface area contributed by atoms with Gasteiger partial charge in [0, 0.05) is 13.1 Å². The number of carbonyl (C=O) groups excluding carboxylic acids is 1. The normalized spacial score (nSPS) is 10.3. The third-order valence-electron chi connectivity index (χ3n) is 3.70. The van der Waals surface area contributed by atoms with E-state index >= 15 is 0 Å². The molecule has 0 spiro atoms. The van der Waals surface area contributed by atoms with E-state index in [1.165, 1.54) is 7.11 Å². The molecule has 0 heterocycles. The van der Waals surface area contributed by atoms with Crippen molar-refractivity contribution in [3.8, 4) is 5.75 Å². The first-order chi connectivity index (χ1) is 11.7. The molecule has 0 aliphatic heterocycles.